The number of carbonyl (C=O) groups is 1. The molecule has 2 N–H and O–H groups in total. The zero-order chi connectivity index (χ0) is 17.6. The van der Waals surface area contributed by atoms with E-state index in [4.69, 9.17) is 16.3 Å². The van der Waals surface area contributed by atoms with Gasteiger partial charge in [0.25, 0.3) is 5.91 Å². The maximum atomic E-state index is 12.4. The molecule has 0 unspecified atom stereocenters. The Bertz CT molecular complexity index is 716. The van der Waals surface area contributed by atoms with Crippen molar-refractivity contribution in [2.75, 3.05) is 44.7 Å². The van der Waals surface area contributed by atoms with Gasteiger partial charge in [-0.15, -0.1) is 0 Å². The van der Waals surface area contributed by atoms with Crippen molar-refractivity contribution in [2.45, 2.75) is 6.92 Å². The number of hydrogen-bond donors (Lipinski definition) is 2. The van der Waals surface area contributed by atoms with E-state index < -0.39 is 0 Å². The topological polar surface area (TPSA) is 79.4 Å². The van der Waals surface area contributed by atoms with Crippen LogP contribution in [0.25, 0.3) is 0 Å². The van der Waals surface area contributed by atoms with E-state index in [-0.39, 0.29) is 5.91 Å². The molecule has 7 nitrogen and oxygen atoms in total. The molecular weight excluding hydrogens is 362 g/mol. The number of amides is 1. The standard InChI is InChI=1S/C16H20ClN5O2S/c1-11-14(15(23)18-4-5-22-6-8-24-9-7-22)25-16(20-11)21-13-3-2-12(17)10-19-13/h2-3,10H,4-9H2,1H3,(H,18,23)(H,19,20,21). The molecule has 9 heteroatoms. The molecule has 25 heavy (non-hydrogen) atoms. The van der Waals surface area contributed by atoms with Crippen molar-refractivity contribution in [3.05, 3.63) is 33.9 Å². The number of anilines is 2. The second-order valence-electron chi connectivity index (χ2n) is 5.63. The number of morpholine rings is 1. The van der Waals surface area contributed by atoms with Gasteiger partial charge < -0.3 is 15.4 Å². The van der Waals surface area contributed by atoms with Gasteiger partial charge in [-0.25, -0.2) is 9.97 Å². The molecular formula is C16H20ClN5O2S. The van der Waals surface area contributed by atoms with Crippen LogP contribution in [-0.2, 0) is 4.74 Å². The van der Waals surface area contributed by atoms with Crippen LogP contribution in [0.2, 0.25) is 5.02 Å². The van der Waals surface area contributed by atoms with Gasteiger partial charge in [0.1, 0.15) is 10.7 Å². The average Bonchev–Trinajstić information content (AvgIpc) is 2.98. The van der Waals surface area contributed by atoms with E-state index >= 15 is 0 Å². The molecule has 0 atom stereocenters. The summed E-state index contributed by atoms with van der Waals surface area (Å²) in [6.07, 6.45) is 1.56. The lowest BCUT2D eigenvalue weighted by molar-refractivity contribution is 0.0383. The molecule has 0 saturated carbocycles. The Labute approximate surface area is 155 Å². The summed E-state index contributed by atoms with van der Waals surface area (Å²) in [5.41, 5.74) is 0.699. The number of aryl methyl sites for hydroxylation is 1. The Morgan fingerprint density at radius 3 is 2.92 bits per heavy atom. The quantitative estimate of drug-likeness (QED) is 0.799. The molecule has 0 bridgehead atoms. The fourth-order valence-electron chi connectivity index (χ4n) is 2.45. The molecule has 2 aromatic rings. The van der Waals surface area contributed by atoms with E-state index in [9.17, 15) is 4.79 Å². The highest BCUT2D eigenvalue weighted by atomic mass is 35.5. The van der Waals surface area contributed by atoms with Crippen molar-refractivity contribution in [2.24, 2.45) is 0 Å². The number of thiazole rings is 1. The first-order chi connectivity index (χ1) is 12.1. The summed E-state index contributed by atoms with van der Waals surface area (Å²) in [5.74, 6) is 0.540. The number of nitrogens with one attached hydrogen (secondary N) is 2. The molecule has 1 saturated heterocycles. The van der Waals surface area contributed by atoms with E-state index in [1.165, 1.54) is 11.3 Å². The molecule has 2 aromatic heterocycles. The Morgan fingerprint density at radius 2 is 2.20 bits per heavy atom. The molecule has 3 heterocycles. The first-order valence-corrected chi connectivity index (χ1v) is 9.25. The van der Waals surface area contributed by atoms with Gasteiger partial charge in [-0.2, -0.15) is 0 Å². The number of aromatic nitrogens is 2. The van der Waals surface area contributed by atoms with Crippen molar-refractivity contribution < 1.29 is 9.53 Å². The number of ether oxygens (including phenoxy) is 1. The molecule has 134 valence electrons. The van der Waals surface area contributed by atoms with Crippen LogP contribution in [0.3, 0.4) is 0 Å². The third-order valence-electron chi connectivity index (χ3n) is 3.78. The highest BCUT2D eigenvalue weighted by Gasteiger charge is 2.16. The monoisotopic (exact) mass is 381 g/mol. The summed E-state index contributed by atoms with van der Waals surface area (Å²) in [7, 11) is 0. The van der Waals surface area contributed by atoms with Crippen LogP contribution in [-0.4, -0.2) is 60.2 Å². The number of hydrogen-bond acceptors (Lipinski definition) is 7. The lowest BCUT2D eigenvalue weighted by atomic mass is 10.3. The smallest absolute Gasteiger partial charge is 0.263 e. The summed E-state index contributed by atoms with van der Waals surface area (Å²) in [4.78, 5) is 23.8. The van der Waals surface area contributed by atoms with Crippen molar-refractivity contribution >= 4 is 39.8 Å². The third-order valence-corrected chi connectivity index (χ3v) is 5.08. The summed E-state index contributed by atoms with van der Waals surface area (Å²) in [6.45, 7) is 6.61. The molecule has 3 rings (SSSR count). The second kappa shape index (κ2) is 8.57. The molecule has 0 spiro atoms. The highest BCUT2D eigenvalue weighted by molar-refractivity contribution is 7.17. The number of halogens is 1. The molecule has 1 fully saturated rings. The van der Waals surface area contributed by atoms with Crippen molar-refractivity contribution in [3.8, 4) is 0 Å². The Balaban J connectivity index is 1.53. The lowest BCUT2D eigenvalue weighted by Crippen LogP contribution is -2.41. The van der Waals surface area contributed by atoms with E-state index in [1.807, 2.05) is 6.92 Å². The Kier molecular flexibility index (Phi) is 6.19. The number of carbonyl (C=O) groups excluding carboxylic acids is 1. The minimum absolute atomic E-state index is 0.0969. The largest absolute Gasteiger partial charge is 0.379 e. The van der Waals surface area contributed by atoms with Gasteiger partial charge in [-0.3, -0.25) is 9.69 Å². The first-order valence-electron chi connectivity index (χ1n) is 8.06. The van der Waals surface area contributed by atoms with Crippen LogP contribution in [0.15, 0.2) is 18.3 Å². The summed E-state index contributed by atoms with van der Waals surface area (Å²) >= 11 is 7.14. The van der Waals surface area contributed by atoms with Gasteiger partial charge in [-0.05, 0) is 19.1 Å². The Morgan fingerprint density at radius 1 is 1.40 bits per heavy atom. The SMILES string of the molecule is Cc1nc(Nc2ccc(Cl)cn2)sc1C(=O)NCCN1CCOCC1. The van der Waals surface area contributed by atoms with E-state index in [1.54, 1.807) is 18.3 Å². The van der Waals surface area contributed by atoms with Gasteiger partial charge in [-0.1, -0.05) is 22.9 Å². The summed E-state index contributed by atoms with van der Waals surface area (Å²) < 4.78 is 5.32. The van der Waals surface area contributed by atoms with Gasteiger partial charge in [0.2, 0.25) is 0 Å². The first kappa shape index (κ1) is 18.1. The normalized spacial score (nSPS) is 15.1. The van der Waals surface area contributed by atoms with E-state index in [0.29, 0.717) is 33.1 Å². The molecule has 1 aliphatic rings. The van der Waals surface area contributed by atoms with Crippen LogP contribution < -0.4 is 10.6 Å². The third kappa shape index (κ3) is 5.12. The van der Waals surface area contributed by atoms with E-state index in [0.717, 1.165) is 32.8 Å². The van der Waals surface area contributed by atoms with E-state index in [2.05, 4.69) is 25.5 Å². The predicted octanol–water partition coefficient (Wildman–Crippen LogP) is 2.31. The second-order valence-corrected chi connectivity index (χ2v) is 7.07. The molecule has 0 aromatic carbocycles. The highest BCUT2D eigenvalue weighted by Crippen LogP contribution is 2.25. The molecule has 0 aliphatic carbocycles. The summed E-state index contributed by atoms with van der Waals surface area (Å²) in [6, 6.07) is 3.51. The van der Waals surface area contributed by atoms with Crippen LogP contribution in [0.1, 0.15) is 15.4 Å². The van der Waals surface area contributed by atoms with Gasteiger partial charge in [0.05, 0.1) is 23.9 Å². The fraction of sp³-hybridized carbons (Fsp3) is 0.438. The summed E-state index contributed by atoms with van der Waals surface area (Å²) in [5, 5.41) is 7.25. The number of rotatable bonds is 6. The minimum atomic E-state index is -0.0969. The van der Waals surface area contributed by atoms with Crippen LogP contribution in [0.5, 0.6) is 0 Å². The zero-order valence-electron chi connectivity index (χ0n) is 13.9. The molecule has 1 aliphatic heterocycles. The number of pyridine rings is 1. The molecule has 0 radical (unpaired) electrons. The fourth-order valence-corrected chi connectivity index (χ4v) is 3.45. The van der Waals surface area contributed by atoms with Crippen LogP contribution in [0, 0.1) is 6.92 Å². The predicted molar refractivity (Wildman–Crippen MR) is 99.0 cm³/mol. The van der Waals surface area contributed by atoms with Crippen molar-refractivity contribution in [1.82, 2.24) is 20.2 Å². The van der Waals surface area contributed by atoms with Gasteiger partial charge >= 0.3 is 0 Å². The minimum Gasteiger partial charge on any atom is -0.379 e. The van der Waals surface area contributed by atoms with Gasteiger partial charge in [0.15, 0.2) is 5.13 Å². The number of nitrogens with zero attached hydrogens (tertiary/aromatic N) is 3. The van der Waals surface area contributed by atoms with Crippen LogP contribution in [0.4, 0.5) is 10.9 Å². The van der Waals surface area contributed by atoms with Crippen molar-refractivity contribution in [3.63, 3.8) is 0 Å². The average molecular weight is 382 g/mol. The maximum Gasteiger partial charge on any atom is 0.263 e. The lowest BCUT2D eigenvalue weighted by Gasteiger charge is -2.26. The molecule has 1 amide bonds. The Hall–Kier alpha value is -1.74. The van der Waals surface area contributed by atoms with Gasteiger partial charge in [0, 0.05) is 32.4 Å². The van der Waals surface area contributed by atoms with Crippen molar-refractivity contribution in [1.29, 1.82) is 0 Å². The maximum absolute atomic E-state index is 12.4. The van der Waals surface area contributed by atoms with Crippen LogP contribution >= 0.6 is 22.9 Å². The zero-order valence-corrected chi connectivity index (χ0v) is 15.5.